The molecule has 0 aromatic carbocycles. The standard InChI is InChI=1S/C15H22N2O3S/c1-2-19-14(18)15(8-4-3-5-9-15)13-16-12(17-20-13)11-7-6-10-21-11/h11H,2-10H2,1H3. The van der Waals surface area contributed by atoms with Gasteiger partial charge in [-0.05, 0) is 38.4 Å². The molecule has 0 radical (unpaired) electrons. The quantitative estimate of drug-likeness (QED) is 0.794. The highest BCUT2D eigenvalue weighted by Gasteiger charge is 2.47. The summed E-state index contributed by atoms with van der Waals surface area (Å²) in [6.07, 6.45) is 6.97. The molecule has 2 fully saturated rings. The Labute approximate surface area is 129 Å². The third-order valence-corrected chi connectivity index (χ3v) is 5.82. The van der Waals surface area contributed by atoms with Gasteiger partial charge in [0.15, 0.2) is 5.82 Å². The monoisotopic (exact) mass is 310 g/mol. The molecule has 1 aromatic heterocycles. The van der Waals surface area contributed by atoms with Gasteiger partial charge in [-0.2, -0.15) is 16.7 Å². The van der Waals surface area contributed by atoms with Crippen molar-refractivity contribution in [3.63, 3.8) is 0 Å². The molecular weight excluding hydrogens is 288 g/mol. The molecule has 1 atom stereocenters. The third kappa shape index (κ3) is 2.82. The van der Waals surface area contributed by atoms with Crippen LogP contribution in [0.25, 0.3) is 0 Å². The highest BCUT2D eigenvalue weighted by molar-refractivity contribution is 7.99. The minimum Gasteiger partial charge on any atom is -0.465 e. The van der Waals surface area contributed by atoms with Crippen LogP contribution >= 0.6 is 11.8 Å². The second-order valence-corrected chi connectivity index (χ2v) is 7.13. The van der Waals surface area contributed by atoms with Gasteiger partial charge in [0.1, 0.15) is 5.41 Å². The van der Waals surface area contributed by atoms with Crippen LogP contribution in [-0.4, -0.2) is 28.5 Å². The van der Waals surface area contributed by atoms with E-state index in [4.69, 9.17) is 9.26 Å². The Kier molecular flexibility index (Phi) is 4.52. The van der Waals surface area contributed by atoms with Gasteiger partial charge >= 0.3 is 5.97 Å². The van der Waals surface area contributed by atoms with Crippen LogP contribution in [0.15, 0.2) is 4.52 Å². The number of carbonyl (C=O) groups is 1. The number of rotatable bonds is 4. The summed E-state index contributed by atoms with van der Waals surface area (Å²) in [4.78, 5) is 17.1. The molecule has 0 N–H and O–H groups in total. The molecular formula is C15H22N2O3S. The van der Waals surface area contributed by atoms with E-state index < -0.39 is 5.41 Å². The molecule has 2 heterocycles. The summed E-state index contributed by atoms with van der Waals surface area (Å²) in [6, 6.07) is 0. The average molecular weight is 310 g/mol. The Hall–Kier alpha value is -1.04. The number of thioether (sulfide) groups is 1. The van der Waals surface area contributed by atoms with Crippen molar-refractivity contribution < 1.29 is 14.1 Å². The normalized spacial score (nSPS) is 24.9. The number of hydrogen-bond donors (Lipinski definition) is 0. The first-order valence-corrected chi connectivity index (χ1v) is 8.94. The Morgan fingerprint density at radius 1 is 1.38 bits per heavy atom. The molecule has 1 aromatic rings. The van der Waals surface area contributed by atoms with E-state index in [0.29, 0.717) is 17.7 Å². The lowest BCUT2D eigenvalue weighted by molar-refractivity contribution is -0.152. The van der Waals surface area contributed by atoms with E-state index in [0.717, 1.165) is 50.1 Å². The molecule has 6 heteroatoms. The van der Waals surface area contributed by atoms with Gasteiger partial charge in [-0.25, -0.2) is 0 Å². The summed E-state index contributed by atoms with van der Waals surface area (Å²) in [5.74, 6) is 2.18. The molecule has 1 aliphatic heterocycles. The van der Waals surface area contributed by atoms with E-state index in [-0.39, 0.29) is 5.97 Å². The first-order chi connectivity index (χ1) is 10.3. The van der Waals surface area contributed by atoms with Gasteiger partial charge in [-0.15, -0.1) is 0 Å². The van der Waals surface area contributed by atoms with Crippen LogP contribution in [0.3, 0.4) is 0 Å². The number of nitrogens with zero attached hydrogens (tertiary/aromatic N) is 2. The minimum absolute atomic E-state index is 0.195. The molecule has 1 unspecified atom stereocenters. The first-order valence-electron chi connectivity index (χ1n) is 7.89. The Morgan fingerprint density at radius 2 is 2.19 bits per heavy atom. The summed E-state index contributed by atoms with van der Waals surface area (Å²) in [5, 5.41) is 4.47. The van der Waals surface area contributed by atoms with Crippen molar-refractivity contribution in [1.82, 2.24) is 10.1 Å². The second kappa shape index (κ2) is 6.38. The van der Waals surface area contributed by atoms with E-state index in [1.54, 1.807) is 0 Å². The topological polar surface area (TPSA) is 65.2 Å². The van der Waals surface area contributed by atoms with E-state index in [9.17, 15) is 4.79 Å². The SMILES string of the molecule is CCOC(=O)C1(c2nc(C3CCCS3)no2)CCCCC1. The van der Waals surface area contributed by atoms with Crippen molar-refractivity contribution in [3.8, 4) is 0 Å². The fraction of sp³-hybridized carbons (Fsp3) is 0.800. The van der Waals surface area contributed by atoms with Gasteiger partial charge in [0.05, 0.1) is 11.9 Å². The number of ether oxygens (including phenoxy) is 1. The lowest BCUT2D eigenvalue weighted by Crippen LogP contribution is -2.39. The van der Waals surface area contributed by atoms with Crippen molar-refractivity contribution in [2.45, 2.75) is 62.5 Å². The summed E-state index contributed by atoms with van der Waals surface area (Å²) >= 11 is 1.87. The molecule has 5 nitrogen and oxygen atoms in total. The zero-order valence-corrected chi connectivity index (χ0v) is 13.3. The van der Waals surface area contributed by atoms with Gasteiger partial charge in [0, 0.05) is 0 Å². The van der Waals surface area contributed by atoms with Crippen LogP contribution in [0.4, 0.5) is 0 Å². The molecule has 2 aliphatic rings. The molecule has 116 valence electrons. The average Bonchev–Trinajstić information content (AvgIpc) is 3.19. The summed E-state index contributed by atoms with van der Waals surface area (Å²) < 4.78 is 10.8. The zero-order chi connectivity index (χ0) is 14.7. The summed E-state index contributed by atoms with van der Waals surface area (Å²) in [6.45, 7) is 2.23. The Bertz CT molecular complexity index is 491. The van der Waals surface area contributed by atoms with Gasteiger partial charge < -0.3 is 9.26 Å². The highest BCUT2D eigenvalue weighted by atomic mass is 32.2. The van der Waals surface area contributed by atoms with E-state index in [1.807, 2.05) is 18.7 Å². The van der Waals surface area contributed by atoms with Crippen molar-refractivity contribution in [2.24, 2.45) is 0 Å². The van der Waals surface area contributed by atoms with Gasteiger partial charge in [-0.1, -0.05) is 24.4 Å². The molecule has 0 spiro atoms. The molecule has 21 heavy (non-hydrogen) atoms. The molecule has 1 aliphatic carbocycles. The van der Waals surface area contributed by atoms with Gasteiger partial charge in [0.2, 0.25) is 5.89 Å². The maximum atomic E-state index is 12.5. The number of aromatic nitrogens is 2. The van der Waals surface area contributed by atoms with Crippen LogP contribution in [0.1, 0.15) is 68.8 Å². The lowest BCUT2D eigenvalue weighted by Gasteiger charge is -2.31. The fourth-order valence-electron chi connectivity index (χ4n) is 3.27. The van der Waals surface area contributed by atoms with Crippen molar-refractivity contribution in [3.05, 3.63) is 11.7 Å². The first kappa shape index (κ1) is 14.9. The van der Waals surface area contributed by atoms with Gasteiger partial charge in [0.25, 0.3) is 0 Å². The van der Waals surface area contributed by atoms with Crippen LogP contribution in [-0.2, 0) is 14.9 Å². The Balaban J connectivity index is 1.87. The molecule has 0 amide bonds. The predicted molar refractivity (Wildman–Crippen MR) is 80.1 cm³/mol. The Morgan fingerprint density at radius 3 is 2.86 bits per heavy atom. The van der Waals surface area contributed by atoms with Crippen molar-refractivity contribution >= 4 is 17.7 Å². The number of esters is 1. The van der Waals surface area contributed by atoms with Gasteiger partial charge in [-0.3, -0.25) is 4.79 Å². The van der Waals surface area contributed by atoms with Crippen LogP contribution in [0, 0.1) is 0 Å². The van der Waals surface area contributed by atoms with Crippen molar-refractivity contribution in [2.75, 3.05) is 12.4 Å². The molecule has 1 saturated carbocycles. The maximum absolute atomic E-state index is 12.5. The van der Waals surface area contributed by atoms with E-state index >= 15 is 0 Å². The summed E-state index contributed by atoms with van der Waals surface area (Å²) in [5.41, 5.74) is -0.706. The number of carbonyl (C=O) groups excluding carboxylic acids is 1. The third-order valence-electron chi connectivity index (χ3n) is 4.44. The zero-order valence-electron chi connectivity index (χ0n) is 12.5. The second-order valence-electron chi connectivity index (χ2n) is 5.82. The van der Waals surface area contributed by atoms with Crippen LogP contribution in [0.5, 0.6) is 0 Å². The predicted octanol–water partition coefficient (Wildman–Crippen LogP) is 3.40. The van der Waals surface area contributed by atoms with Crippen LogP contribution in [0.2, 0.25) is 0 Å². The highest BCUT2D eigenvalue weighted by Crippen LogP contribution is 2.42. The van der Waals surface area contributed by atoms with E-state index in [1.165, 1.54) is 6.42 Å². The van der Waals surface area contributed by atoms with Crippen molar-refractivity contribution in [1.29, 1.82) is 0 Å². The smallest absolute Gasteiger partial charge is 0.321 e. The fourth-order valence-corrected chi connectivity index (χ4v) is 4.47. The lowest BCUT2D eigenvalue weighted by atomic mass is 9.74. The largest absolute Gasteiger partial charge is 0.465 e. The number of hydrogen-bond acceptors (Lipinski definition) is 6. The molecule has 1 saturated heterocycles. The summed E-state index contributed by atoms with van der Waals surface area (Å²) in [7, 11) is 0. The molecule has 0 bridgehead atoms. The minimum atomic E-state index is -0.706. The molecule has 3 rings (SSSR count). The van der Waals surface area contributed by atoms with Crippen LogP contribution < -0.4 is 0 Å². The van der Waals surface area contributed by atoms with E-state index in [2.05, 4.69) is 10.1 Å². The maximum Gasteiger partial charge on any atom is 0.321 e.